The standard InChI is InChI=1S/C19H28N2O4/c1-5-24-17(22)15-7-6-14-8-10-21(13-16(14)12-15)11-9-20-18(23)25-19(2,3)4/h6-7,12H,5,8-11,13H2,1-4H3,(H,20,23). The molecule has 1 heterocycles. The number of alkyl carbamates (subject to hydrolysis) is 1. The van der Waals surface area contributed by atoms with Gasteiger partial charge in [0.15, 0.2) is 0 Å². The van der Waals surface area contributed by atoms with Crippen molar-refractivity contribution in [3.05, 3.63) is 34.9 Å². The highest BCUT2D eigenvalue weighted by atomic mass is 16.6. The van der Waals surface area contributed by atoms with Crippen molar-refractivity contribution in [1.29, 1.82) is 0 Å². The largest absolute Gasteiger partial charge is 0.462 e. The molecule has 2 rings (SSSR count). The van der Waals surface area contributed by atoms with Crippen molar-refractivity contribution >= 4 is 12.1 Å². The van der Waals surface area contributed by atoms with E-state index in [1.165, 1.54) is 5.56 Å². The van der Waals surface area contributed by atoms with Crippen LogP contribution in [0, 0.1) is 0 Å². The van der Waals surface area contributed by atoms with E-state index in [-0.39, 0.29) is 5.97 Å². The molecule has 0 fully saturated rings. The van der Waals surface area contributed by atoms with Crippen molar-refractivity contribution in [1.82, 2.24) is 10.2 Å². The average molecular weight is 348 g/mol. The first-order valence-electron chi connectivity index (χ1n) is 8.76. The van der Waals surface area contributed by atoms with E-state index in [0.29, 0.717) is 18.7 Å². The van der Waals surface area contributed by atoms with Crippen molar-refractivity contribution in [2.24, 2.45) is 0 Å². The Kier molecular flexibility index (Phi) is 6.42. The van der Waals surface area contributed by atoms with E-state index in [0.717, 1.165) is 31.6 Å². The van der Waals surface area contributed by atoms with Gasteiger partial charge >= 0.3 is 12.1 Å². The second kappa shape index (κ2) is 8.34. The highest BCUT2D eigenvalue weighted by molar-refractivity contribution is 5.89. The lowest BCUT2D eigenvalue weighted by molar-refractivity contribution is 0.0511. The maximum Gasteiger partial charge on any atom is 0.407 e. The lowest BCUT2D eigenvalue weighted by Gasteiger charge is -2.29. The molecule has 0 spiro atoms. The average Bonchev–Trinajstić information content (AvgIpc) is 2.52. The number of nitrogens with zero attached hydrogens (tertiary/aromatic N) is 1. The summed E-state index contributed by atoms with van der Waals surface area (Å²) in [5.41, 5.74) is 2.52. The molecule has 138 valence electrons. The van der Waals surface area contributed by atoms with Gasteiger partial charge in [0.25, 0.3) is 0 Å². The minimum Gasteiger partial charge on any atom is -0.462 e. The molecule has 1 N–H and O–H groups in total. The van der Waals surface area contributed by atoms with Gasteiger partial charge in [-0.3, -0.25) is 4.90 Å². The Hall–Kier alpha value is -2.08. The second-order valence-corrected chi connectivity index (χ2v) is 7.16. The highest BCUT2D eigenvalue weighted by Gasteiger charge is 2.19. The summed E-state index contributed by atoms with van der Waals surface area (Å²) in [5.74, 6) is -0.283. The number of ether oxygens (including phenoxy) is 2. The second-order valence-electron chi connectivity index (χ2n) is 7.16. The zero-order chi connectivity index (χ0) is 18.4. The number of hydrogen-bond acceptors (Lipinski definition) is 5. The Morgan fingerprint density at radius 3 is 2.68 bits per heavy atom. The Bertz CT molecular complexity index is 622. The summed E-state index contributed by atoms with van der Waals surface area (Å²) >= 11 is 0. The number of benzene rings is 1. The number of rotatable bonds is 5. The van der Waals surface area contributed by atoms with Crippen LogP contribution in [0.2, 0.25) is 0 Å². The number of nitrogens with one attached hydrogen (secondary N) is 1. The molecule has 6 heteroatoms. The molecular weight excluding hydrogens is 320 g/mol. The molecule has 0 aliphatic carbocycles. The third-order valence-electron chi connectivity index (χ3n) is 3.90. The van der Waals surface area contributed by atoms with Crippen molar-refractivity contribution in [3.8, 4) is 0 Å². The molecule has 6 nitrogen and oxygen atoms in total. The Morgan fingerprint density at radius 2 is 2.00 bits per heavy atom. The molecule has 0 aromatic heterocycles. The van der Waals surface area contributed by atoms with Gasteiger partial charge in [0, 0.05) is 26.2 Å². The third kappa shape index (κ3) is 6.05. The van der Waals surface area contributed by atoms with Gasteiger partial charge in [-0.2, -0.15) is 0 Å². The fourth-order valence-corrected chi connectivity index (χ4v) is 2.78. The Balaban J connectivity index is 1.86. The maximum absolute atomic E-state index is 11.9. The van der Waals surface area contributed by atoms with Gasteiger partial charge in [-0.15, -0.1) is 0 Å². The van der Waals surface area contributed by atoms with Gasteiger partial charge in [0.2, 0.25) is 0 Å². The maximum atomic E-state index is 11.9. The van der Waals surface area contributed by atoms with Crippen LogP contribution in [-0.4, -0.2) is 48.8 Å². The summed E-state index contributed by atoms with van der Waals surface area (Å²) in [7, 11) is 0. The minimum absolute atomic E-state index is 0.283. The summed E-state index contributed by atoms with van der Waals surface area (Å²) in [5, 5.41) is 2.78. The molecule has 1 aromatic carbocycles. The summed E-state index contributed by atoms with van der Waals surface area (Å²) < 4.78 is 10.3. The van der Waals surface area contributed by atoms with Gasteiger partial charge in [0.05, 0.1) is 12.2 Å². The summed E-state index contributed by atoms with van der Waals surface area (Å²) in [6.45, 7) is 10.7. The van der Waals surface area contributed by atoms with Crippen LogP contribution in [0.15, 0.2) is 18.2 Å². The topological polar surface area (TPSA) is 67.9 Å². The highest BCUT2D eigenvalue weighted by Crippen LogP contribution is 2.20. The lowest BCUT2D eigenvalue weighted by Crippen LogP contribution is -2.39. The summed E-state index contributed by atoms with van der Waals surface area (Å²) in [6.07, 6.45) is 0.541. The van der Waals surface area contributed by atoms with Gasteiger partial charge < -0.3 is 14.8 Å². The normalized spacial score (nSPS) is 14.6. The number of amides is 1. The fourth-order valence-electron chi connectivity index (χ4n) is 2.78. The molecule has 25 heavy (non-hydrogen) atoms. The molecule has 0 atom stereocenters. The molecule has 1 aromatic rings. The number of fused-ring (bicyclic) bond motifs is 1. The van der Waals surface area contributed by atoms with Crippen LogP contribution in [0.1, 0.15) is 49.2 Å². The molecule has 0 radical (unpaired) electrons. The molecule has 1 aliphatic heterocycles. The quantitative estimate of drug-likeness (QED) is 0.829. The first-order chi connectivity index (χ1) is 11.8. The molecule has 1 aliphatic rings. The smallest absolute Gasteiger partial charge is 0.407 e. The number of esters is 1. The van der Waals surface area contributed by atoms with Crippen LogP contribution < -0.4 is 5.32 Å². The lowest BCUT2D eigenvalue weighted by atomic mass is 9.97. The minimum atomic E-state index is -0.488. The summed E-state index contributed by atoms with van der Waals surface area (Å²) in [6, 6.07) is 5.76. The van der Waals surface area contributed by atoms with Crippen LogP contribution in [-0.2, 0) is 22.4 Å². The Morgan fingerprint density at radius 1 is 1.24 bits per heavy atom. The van der Waals surface area contributed by atoms with Gasteiger partial charge in [-0.1, -0.05) is 6.07 Å². The van der Waals surface area contributed by atoms with E-state index < -0.39 is 11.7 Å². The monoisotopic (exact) mass is 348 g/mol. The zero-order valence-corrected chi connectivity index (χ0v) is 15.6. The van der Waals surface area contributed by atoms with Crippen molar-refractivity contribution in [2.45, 2.75) is 46.3 Å². The van der Waals surface area contributed by atoms with Crippen LogP contribution >= 0.6 is 0 Å². The van der Waals surface area contributed by atoms with Crippen molar-refractivity contribution in [3.63, 3.8) is 0 Å². The SMILES string of the molecule is CCOC(=O)c1ccc2c(c1)CN(CCNC(=O)OC(C)(C)C)CC2. The number of carbonyl (C=O) groups excluding carboxylic acids is 2. The van der Waals surface area contributed by atoms with E-state index in [1.54, 1.807) is 6.92 Å². The summed E-state index contributed by atoms with van der Waals surface area (Å²) in [4.78, 5) is 25.8. The van der Waals surface area contributed by atoms with Crippen LogP contribution in [0.3, 0.4) is 0 Å². The van der Waals surface area contributed by atoms with Gasteiger partial charge in [-0.05, 0) is 57.4 Å². The molecule has 0 unspecified atom stereocenters. The molecule has 0 bridgehead atoms. The molecular formula is C19H28N2O4. The van der Waals surface area contributed by atoms with E-state index >= 15 is 0 Å². The van der Waals surface area contributed by atoms with E-state index in [2.05, 4.69) is 10.2 Å². The van der Waals surface area contributed by atoms with E-state index in [9.17, 15) is 9.59 Å². The first-order valence-corrected chi connectivity index (χ1v) is 8.76. The van der Waals surface area contributed by atoms with Crippen molar-refractivity contribution in [2.75, 3.05) is 26.2 Å². The van der Waals surface area contributed by atoms with Crippen LogP contribution in [0.5, 0.6) is 0 Å². The fraction of sp³-hybridized carbons (Fsp3) is 0.579. The molecule has 0 saturated heterocycles. The number of hydrogen-bond donors (Lipinski definition) is 1. The van der Waals surface area contributed by atoms with Crippen LogP contribution in [0.25, 0.3) is 0 Å². The van der Waals surface area contributed by atoms with E-state index in [4.69, 9.17) is 9.47 Å². The predicted molar refractivity (Wildman–Crippen MR) is 95.6 cm³/mol. The predicted octanol–water partition coefficient (Wildman–Crippen LogP) is 2.75. The molecule has 0 saturated carbocycles. The van der Waals surface area contributed by atoms with Gasteiger partial charge in [0.1, 0.15) is 5.60 Å². The first kappa shape index (κ1) is 19.2. The third-order valence-corrected chi connectivity index (χ3v) is 3.90. The van der Waals surface area contributed by atoms with Crippen LogP contribution in [0.4, 0.5) is 4.79 Å². The molecule has 1 amide bonds. The van der Waals surface area contributed by atoms with E-state index in [1.807, 2.05) is 39.0 Å². The number of carbonyl (C=O) groups is 2. The van der Waals surface area contributed by atoms with Crippen molar-refractivity contribution < 1.29 is 19.1 Å². The zero-order valence-electron chi connectivity index (χ0n) is 15.6. The Labute approximate surface area is 149 Å². The van der Waals surface area contributed by atoms with Gasteiger partial charge in [-0.25, -0.2) is 9.59 Å².